The van der Waals surface area contributed by atoms with Gasteiger partial charge in [-0.05, 0) is 0 Å². The minimum absolute atomic E-state index is 0.183. The fourth-order valence-corrected chi connectivity index (χ4v) is 1.29. The van der Waals surface area contributed by atoms with Crippen molar-refractivity contribution in [2.24, 2.45) is 0 Å². The van der Waals surface area contributed by atoms with Crippen molar-refractivity contribution < 1.29 is 29.8 Å². The third kappa shape index (κ3) is 2.21. The number of carboxylic acid groups (broad SMARTS) is 1. The highest BCUT2D eigenvalue weighted by atomic mass is 16.6. The molecule has 0 aliphatic carbocycles. The lowest BCUT2D eigenvalue weighted by Gasteiger charge is -2.02. The largest absolute Gasteiger partial charge is 0.501 e. The SMILES string of the molecule is O=C(O)c1cc([N+](=O)[O-])c([N+](=O)[O-])c([N+](=O)[O-])c1O. The molecule has 0 unspecified atom stereocenters. The Morgan fingerprint density at radius 1 is 1.00 bits per heavy atom. The van der Waals surface area contributed by atoms with Gasteiger partial charge in [0.2, 0.25) is 5.75 Å². The van der Waals surface area contributed by atoms with Crippen molar-refractivity contribution in [2.75, 3.05) is 0 Å². The van der Waals surface area contributed by atoms with Gasteiger partial charge in [0.15, 0.2) is 0 Å². The molecule has 19 heavy (non-hydrogen) atoms. The molecule has 1 rings (SSSR count). The summed E-state index contributed by atoms with van der Waals surface area (Å²) in [6, 6.07) is 0.183. The number of hydrogen-bond donors (Lipinski definition) is 2. The highest BCUT2D eigenvalue weighted by molar-refractivity contribution is 5.95. The summed E-state index contributed by atoms with van der Waals surface area (Å²) in [6.45, 7) is 0. The van der Waals surface area contributed by atoms with Crippen LogP contribution in [-0.2, 0) is 0 Å². The molecule has 0 radical (unpaired) electrons. The number of nitro benzene ring substituents is 3. The van der Waals surface area contributed by atoms with Gasteiger partial charge < -0.3 is 10.2 Å². The van der Waals surface area contributed by atoms with Crippen LogP contribution in [0.3, 0.4) is 0 Å². The lowest BCUT2D eigenvalue weighted by molar-refractivity contribution is -0.441. The topological polar surface area (TPSA) is 187 Å². The Morgan fingerprint density at radius 2 is 1.47 bits per heavy atom. The van der Waals surface area contributed by atoms with E-state index in [1.54, 1.807) is 0 Å². The molecule has 0 atom stereocenters. The van der Waals surface area contributed by atoms with E-state index >= 15 is 0 Å². The standard InChI is InChI=1S/C7H3N3O9/c11-6-2(7(12)13)1-3(8(14)15)4(9(16)17)5(6)10(18)19/h1,11H,(H,12,13). The Labute approximate surface area is 102 Å². The first kappa shape index (κ1) is 13.8. The lowest BCUT2D eigenvalue weighted by Crippen LogP contribution is -2.06. The van der Waals surface area contributed by atoms with Gasteiger partial charge in [-0.1, -0.05) is 0 Å². The first-order valence-electron chi connectivity index (χ1n) is 4.24. The van der Waals surface area contributed by atoms with E-state index in [0.29, 0.717) is 0 Å². The van der Waals surface area contributed by atoms with E-state index in [1.165, 1.54) is 0 Å². The molecule has 1 aromatic carbocycles. The maximum absolute atomic E-state index is 10.7. The molecule has 12 heteroatoms. The van der Waals surface area contributed by atoms with Crippen molar-refractivity contribution in [1.82, 2.24) is 0 Å². The van der Waals surface area contributed by atoms with E-state index in [0.717, 1.165) is 0 Å². The average molecular weight is 273 g/mol. The van der Waals surface area contributed by atoms with Crippen molar-refractivity contribution in [3.8, 4) is 5.75 Å². The van der Waals surface area contributed by atoms with E-state index in [4.69, 9.17) is 5.11 Å². The van der Waals surface area contributed by atoms with Crippen LogP contribution >= 0.6 is 0 Å². The molecule has 1 aromatic rings. The number of benzene rings is 1. The molecule has 0 bridgehead atoms. The predicted molar refractivity (Wildman–Crippen MR) is 55.0 cm³/mol. The van der Waals surface area contributed by atoms with Gasteiger partial charge in [-0.25, -0.2) is 4.79 Å². The first-order valence-corrected chi connectivity index (χ1v) is 4.24. The van der Waals surface area contributed by atoms with Crippen LogP contribution in [0.1, 0.15) is 10.4 Å². The summed E-state index contributed by atoms with van der Waals surface area (Å²) in [4.78, 5) is 38.3. The number of rotatable bonds is 4. The van der Waals surface area contributed by atoms with Gasteiger partial charge in [0.05, 0.1) is 14.8 Å². The molecular formula is C7H3N3O9. The van der Waals surface area contributed by atoms with Crippen LogP contribution in [0.4, 0.5) is 17.1 Å². The molecule has 0 heterocycles. The van der Waals surface area contributed by atoms with E-state index in [2.05, 4.69) is 0 Å². The van der Waals surface area contributed by atoms with Crippen molar-refractivity contribution in [2.45, 2.75) is 0 Å². The summed E-state index contributed by atoms with van der Waals surface area (Å²) in [7, 11) is 0. The van der Waals surface area contributed by atoms with Gasteiger partial charge in [0, 0.05) is 6.07 Å². The molecule has 0 spiro atoms. The molecule has 0 fully saturated rings. The van der Waals surface area contributed by atoms with Crippen LogP contribution in [0.15, 0.2) is 6.07 Å². The number of nitro groups is 3. The molecule has 0 aliphatic rings. The fourth-order valence-electron chi connectivity index (χ4n) is 1.29. The zero-order valence-electron chi connectivity index (χ0n) is 8.67. The molecular weight excluding hydrogens is 270 g/mol. The zero-order valence-corrected chi connectivity index (χ0v) is 8.67. The van der Waals surface area contributed by atoms with E-state index < -0.39 is 49.1 Å². The van der Waals surface area contributed by atoms with Crippen LogP contribution in [0, 0.1) is 30.3 Å². The monoisotopic (exact) mass is 273 g/mol. The van der Waals surface area contributed by atoms with Crippen LogP contribution in [0.2, 0.25) is 0 Å². The third-order valence-corrected chi connectivity index (χ3v) is 2.02. The number of hydrogen-bond acceptors (Lipinski definition) is 8. The minimum atomic E-state index is -1.90. The Kier molecular flexibility index (Phi) is 3.27. The third-order valence-electron chi connectivity index (χ3n) is 2.02. The molecule has 0 saturated carbocycles. The second kappa shape index (κ2) is 4.52. The van der Waals surface area contributed by atoms with E-state index in [9.17, 15) is 40.2 Å². The molecule has 0 aromatic heterocycles. The van der Waals surface area contributed by atoms with E-state index in [1.807, 2.05) is 0 Å². The van der Waals surface area contributed by atoms with Crippen molar-refractivity contribution >= 4 is 23.0 Å². The normalized spacial score (nSPS) is 9.89. The number of carbonyl (C=O) groups is 1. The quantitative estimate of drug-likeness (QED) is 0.590. The van der Waals surface area contributed by atoms with Crippen LogP contribution < -0.4 is 0 Å². The van der Waals surface area contributed by atoms with Gasteiger partial charge in [-0.3, -0.25) is 30.3 Å². The molecule has 0 amide bonds. The van der Waals surface area contributed by atoms with Gasteiger partial charge >= 0.3 is 23.0 Å². The van der Waals surface area contributed by atoms with Gasteiger partial charge in [0.1, 0.15) is 5.56 Å². The van der Waals surface area contributed by atoms with E-state index in [-0.39, 0.29) is 6.07 Å². The number of aromatic carboxylic acids is 1. The van der Waals surface area contributed by atoms with Crippen LogP contribution in [-0.4, -0.2) is 31.0 Å². The Bertz CT molecular complexity index is 623. The number of aromatic hydroxyl groups is 1. The smallest absolute Gasteiger partial charge is 0.426 e. The van der Waals surface area contributed by atoms with Gasteiger partial charge in [-0.15, -0.1) is 0 Å². The molecule has 12 nitrogen and oxygen atoms in total. The maximum Gasteiger partial charge on any atom is 0.426 e. The summed E-state index contributed by atoms with van der Waals surface area (Å²) in [5.74, 6) is -3.42. The second-order valence-corrected chi connectivity index (χ2v) is 3.07. The summed E-state index contributed by atoms with van der Waals surface area (Å²) >= 11 is 0. The molecule has 0 saturated heterocycles. The van der Waals surface area contributed by atoms with Crippen molar-refractivity contribution in [3.05, 3.63) is 42.0 Å². The highest BCUT2D eigenvalue weighted by Crippen LogP contribution is 2.44. The highest BCUT2D eigenvalue weighted by Gasteiger charge is 2.42. The summed E-state index contributed by atoms with van der Waals surface area (Å²) in [5.41, 5.74) is -5.80. The molecule has 100 valence electrons. The Hall–Kier alpha value is -3.31. The zero-order chi connectivity index (χ0) is 14.9. The summed E-state index contributed by atoms with van der Waals surface area (Å²) in [5, 5.41) is 49.8. The lowest BCUT2D eigenvalue weighted by atomic mass is 10.1. The van der Waals surface area contributed by atoms with Crippen molar-refractivity contribution in [1.29, 1.82) is 0 Å². The number of carboxylic acids is 1. The number of phenols is 1. The van der Waals surface area contributed by atoms with Crippen LogP contribution in [0.25, 0.3) is 0 Å². The Balaban J connectivity index is 3.94. The predicted octanol–water partition coefficient (Wildman–Crippen LogP) is 0.815. The Morgan fingerprint density at radius 3 is 1.79 bits per heavy atom. The average Bonchev–Trinajstić information content (AvgIpc) is 2.26. The summed E-state index contributed by atoms with van der Waals surface area (Å²) in [6.07, 6.45) is 0. The first-order chi connectivity index (χ1) is 8.68. The van der Waals surface area contributed by atoms with Gasteiger partial charge in [0.25, 0.3) is 0 Å². The number of nitrogens with zero attached hydrogens (tertiary/aromatic N) is 3. The molecule has 2 N–H and O–H groups in total. The maximum atomic E-state index is 10.7. The summed E-state index contributed by atoms with van der Waals surface area (Å²) < 4.78 is 0. The fraction of sp³-hybridized carbons (Fsp3) is 0. The van der Waals surface area contributed by atoms with Crippen molar-refractivity contribution in [3.63, 3.8) is 0 Å². The van der Waals surface area contributed by atoms with Gasteiger partial charge in [-0.2, -0.15) is 0 Å². The minimum Gasteiger partial charge on any atom is -0.501 e. The second-order valence-electron chi connectivity index (χ2n) is 3.07. The van der Waals surface area contributed by atoms with Crippen LogP contribution in [0.5, 0.6) is 5.75 Å². The molecule has 0 aliphatic heterocycles.